The highest BCUT2D eigenvalue weighted by molar-refractivity contribution is 14.1. The van der Waals surface area contributed by atoms with Gasteiger partial charge in [0.25, 0.3) is 0 Å². The highest BCUT2D eigenvalue weighted by Crippen LogP contribution is 2.40. The molecule has 0 amide bonds. The molecule has 0 aliphatic carbocycles. The molecule has 0 unspecified atom stereocenters. The van der Waals surface area contributed by atoms with Gasteiger partial charge in [0.1, 0.15) is 0 Å². The van der Waals surface area contributed by atoms with Crippen LogP contribution in [0.25, 0.3) is 0 Å². The van der Waals surface area contributed by atoms with E-state index < -0.39 is 0 Å². The van der Waals surface area contributed by atoms with Crippen LogP contribution in [0.2, 0.25) is 0 Å². The Morgan fingerprint density at radius 3 is 2.18 bits per heavy atom. The fraction of sp³-hybridized carbons (Fsp3) is 1.00. The molecule has 5 heteroatoms. The van der Waals surface area contributed by atoms with Crippen LogP contribution in [0.4, 0.5) is 0 Å². The van der Waals surface area contributed by atoms with Crippen molar-refractivity contribution >= 4 is 29.7 Å². The van der Waals surface area contributed by atoms with Gasteiger partial charge in [-0.2, -0.15) is 0 Å². The second-order valence-corrected chi connectivity index (χ2v) is 7.41. The summed E-state index contributed by atoms with van der Waals surface area (Å²) < 4.78 is 18.2. The Balaban J connectivity index is 1.99. The lowest BCUT2D eigenvalue weighted by atomic mass is 9.79. The molecular weight excluding hydrogens is 330 g/mol. The van der Waals surface area contributed by atoms with Gasteiger partial charge in [-0.1, -0.05) is 22.6 Å². The van der Waals surface area contributed by atoms with Gasteiger partial charge in [-0.25, -0.2) is 0 Å². The molecule has 17 heavy (non-hydrogen) atoms. The van der Waals surface area contributed by atoms with Crippen LogP contribution in [0.15, 0.2) is 0 Å². The fourth-order valence-electron chi connectivity index (χ4n) is 2.21. The number of halogens is 1. The van der Waals surface area contributed by atoms with Gasteiger partial charge < -0.3 is 14.0 Å². The number of rotatable bonds is 2. The summed E-state index contributed by atoms with van der Waals surface area (Å²) in [5.41, 5.74) is -0.481. The molecule has 2 aliphatic rings. The van der Waals surface area contributed by atoms with E-state index in [0.717, 1.165) is 13.0 Å². The van der Waals surface area contributed by atoms with Gasteiger partial charge in [-0.3, -0.25) is 0 Å². The monoisotopic (exact) mass is 352 g/mol. The zero-order valence-corrected chi connectivity index (χ0v) is 13.3. The van der Waals surface area contributed by atoms with Crippen LogP contribution in [-0.2, 0) is 14.0 Å². The van der Waals surface area contributed by atoms with Crippen molar-refractivity contribution < 1.29 is 14.0 Å². The molecule has 0 aromatic carbocycles. The Morgan fingerprint density at radius 1 is 1.12 bits per heavy atom. The van der Waals surface area contributed by atoms with Crippen LogP contribution in [0.3, 0.4) is 0 Å². The van der Waals surface area contributed by atoms with Crippen LogP contribution in [-0.4, -0.2) is 34.9 Å². The van der Waals surface area contributed by atoms with Gasteiger partial charge >= 0.3 is 7.12 Å². The summed E-state index contributed by atoms with van der Waals surface area (Å²) in [5, 5.41) is 0. The van der Waals surface area contributed by atoms with Crippen molar-refractivity contribution in [2.45, 2.75) is 68.1 Å². The minimum atomic E-state index is -0.240. The quantitative estimate of drug-likeness (QED) is 0.435. The Morgan fingerprint density at radius 2 is 1.71 bits per heavy atom. The van der Waals surface area contributed by atoms with Gasteiger partial charge in [0, 0.05) is 6.61 Å². The minimum absolute atomic E-state index is 0.149. The van der Waals surface area contributed by atoms with Gasteiger partial charge in [0.05, 0.1) is 21.1 Å². The summed E-state index contributed by atoms with van der Waals surface area (Å²) in [7, 11) is -0.149. The van der Waals surface area contributed by atoms with Crippen molar-refractivity contribution in [2.75, 3.05) is 6.61 Å². The molecule has 0 saturated carbocycles. The number of hydrogen-bond donors (Lipinski definition) is 0. The lowest BCUT2D eigenvalue weighted by molar-refractivity contribution is 0.00578. The molecule has 0 aromatic rings. The molecule has 2 atom stereocenters. The first kappa shape index (κ1) is 14.1. The van der Waals surface area contributed by atoms with E-state index in [1.165, 1.54) is 12.8 Å². The van der Waals surface area contributed by atoms with Crippen LogP contribution < -0.4 is 0 Å². The van der Waals surface area contributed by atoms with E-state index in [0.29, 0.717) is 0 Å². The molecule has 0 N–H and O–H groups in total. The minimum Gasteiger partial charge on any atom is -0.402 e. The first-order chi connectivity index (χ1) is 7.83. The summed E-state index contributed by atoms with van der Waals surface area (Å²) in [6.07, 6.45) is 3.84. The van der Waals surface area contributed by atoms with Crippen LogP contribution in [0, 0.1) is 0 Å². The number of ether oxygens (including phenoxy) is 1. The molecule has 0 aromatic heterocycles. The third kappa shape index (κ3) is 2.82. The Hall–Kier alpha value is 0.675. The zero-order valence-electron chi connectivity index (χ0n) is 11.2. The van der Waals surface area contributed by atoms with Crippen molar-refractivity contribution in [1.82, 2.24) is 0 Å². The smallest absolute Gasteiger partial charge is 0.402 e. The largest absolute Gasteiger partial charge is 0.474 e. The van der Waals surface area contributed by atoms with Crippen molar-refractivity contribution in [3.63, 3.8) is 0 Å². The van der Waals surface area contributed by atoms with E-state index in [1.54, 1.807) is 0 Å². The van der Waals surface area contributed by atoms with E-state index in [4.69, 9.17) is 14.0 Å². The Bertz CT molecular complexity index is 261. The maximum atomic E-state index is 6.07. The number of alkyl halides is 1. The summed E-state index contributed by atoms with van der Waals surface area (Å²) >= 11 is 2.42. The maximum absolute atomic E-state index is 6.07. The summed E-state index contributed by atoms with van der Waals surface area (Å²) in [6.45, 7) is 9.26. The Labute approximate surface area is 118 Å². The van der Waals surface area contributed by atoms with Crippen molar-refractivity contribution in [3.8, 4) is 0 Å². The van der Waals surface area contributed by atoms with Gasteiger partial charge in [-0.05, 0) is 47.0 Å². The maximum Gasteiger partial charge on any atom is 0.474 e. The molecular formula is C12H22BIO3. The highest BCUT2D eigenvalue weighted by atomic mass is 127. The molecule has 0 radical (unpaired) electrons. The first-order valence-electron chi connectivity index (χ1n) is 6.45. The van der Waals surface area contributed by atoms with Gasteiger partial charge in [-0.15, -0.1) is 0 Å². The predicted molar refractivity (Wildman–Crippen MR) is 77.5 cm³/mol. The van der Waals surface area contributed by atoms with E-state index >= 15 is 0 Å². The second kappa shape index (κ2) is 4.98. The van der Waals surface area contributed by atoms with Crippen molar-refractivity contribution in [3.05, 3.63) is 0 Å². The normalized spacial score (nSPS) is 33.7. The molecule has 2 aliphatic heterocycles. The van der Waals surface area contributed by atoms with E-state index in [-0.39, 0.29) is 28.2 Å². The van der Waals surface area contributed by atoms with E-state index in [2.05, 4.69) is 50.3 Å². The molecule has 2 fully saturated rings. The molecule has 98 valence electrons. The predicted octanol–water partition coefficient (Wildman–Crippen LogP) is 2.99. The van der Waals surface area contributed by atoms with Gasteiger partial charge in [0.2, 0.25) is 0 Å². The molecule has 3 nitrogen and oxygen atoms in total. The molecule has 2 saturated heterocycles. The van der Waals surface area contributed by atoms with E-state index in [1.807, 2.05) is 0 Å². The average Bonchev–Trinajstić information content (AvgIpc) is 2.48. The first-order valence-corrected chi connectivity index (χ1v) is 7.69. The average molecular weight is 352 g/mol. The van der Waals surface area contributed by atoms with Gasteiger partial charge in [0.15, 0.2) is 0 Å². The third-order valence-corrected chi connectivity index (χ3v) is 5.49. The third-order valence-electron chi connectivity index (χ3n) is 4.10. The highest BCUT2D eigenvalue weighted by Gasteiger charge is 2.54. The van der Waals surface area contributed by atoms with Crippen LogP contribution in [0.5, 0.6) is 0 Å². The van der Waals surface area contributed by atoms with E-state index in [9.17, 15) is 0 Å². The number of hydrogen-bond acceptors (Lipinski definition) is 3. The summed E-state index contributed by atoms with van der Waals surface area (Å²) in [6, 6.07) is 0. The lowest BCUT2D eigenvalue weighted by Crippen LogP contribution is -2.41. The molecule has 0 spiro atoms. The summed E-state index contributed by atoms with van der Waals surface area (Å²) in [4.78, 5) is 0. The SMILES string of the molecule is CC1(C)OB([C@@H](I)[C@@H]2CCCCO2)OC1(C)C. The standard InChI is InChI=1S/C12H22BIO3/c1-11(2)12(3,4)17-13(16-11)10(14)9-7-5-6-8-15-9/h9-10H,5-8H2,1-4H3/t9-,10-/m0/s1. The lowest BCUT2D eigenvalue weighted by Gasteiger charge is -2.32. The molecule has 0 bridgehead atoms. The van der Waals surface area contributed by atoms with Crippen LogP contribution >= 0.6 is 22.6 Å². The van der Waals surface area contributed by atoms with Crippen molar-refractivity contribution in [1.29, 1.82) is 0 Å². The summed E-state index contributed by atoms with van der Waals surface area (Å²) in [5.74, 6) is 0. The molecule has 2 rings (SSSR count). The topological polar surface area (TPSA) is 27.7 Å². The second-order valence-electron chi connectivity index (χ2n) is 5.97. The Kier molecular flexibility index (Phi) is 4.13. The fourth-order valence-corrected chi connectivity index (χ4v) is 3.07. The zero-order chi connectivity index (χ0) is 12.7. The van der Waals surface area contributed by atoms with Crippen LogP contribution in [0.1, 0.15) is 47.0 Å². The van der Waals surface area contributed by atoms with Crippen molar-refractivity contribution in [2.24, 2.45) is 0 Å². The molecule has 2 heterocycles.